The molecule has 0 saturated heterocycles. The van der Waals surface area contributed by atoms with Crippen LogP contribution in [0, 0.1) is 18.3 Å². The van der Waals surface area contributed by atoms with Gasteiger partial charge in [-0.05, 0) is 57.0 Å². The van der Waals surface area contributed by atoms with E-state index in [1.165, 1.54) is 24.3 Å². The van der Waals surface area contributed by atoms with E-state index in [0.717, 1.165) is 4.90 Å². The Morgan fingerprint density at radius 1 is 1.16 bits per heavy atom. The van der Waals surface area contributed by atoms with Crippen molar-refractivity contribution < 1.29 is 29.0 Å². The first-order valence-corrected chi connectivity index (χ1v) is 11.9. The van der Waals surface area contributed by atoms with Crippen molar-refractivity contribution in [3.8, 4) is 11.8 Å². The fourth-order valence-corrected chi connectivity index (χ4v) is 3.80. The van der Waals surface area contributed by atoms with Crippen molar-refractivity contribution >= 4 is 41.1 Å². The number of nitriles is 1. The van der Waals surface area contributed by atoms with Crippen LogP contribution in [0.5, 0.6) is 5.75 Å². The molecule has 0 saturated carbocycles. The average molecular weight is 544 g/mol. The number of halogens is 1. The number of hydrogen-bond donors (Lipinski definition) is 4. The standard InChI is InChI=1S/C26H30ClN5O6/c1-15-6-5-7-18(27)21(15)31-23(35)22(16-8-10-17(33)11-9-16)32(13-12-28)24(36)19(14-20(29)34)30-25(37)38-26(2,3)4/h5-11,19,22,33H,13-14H2,1-4H3,(H2,29,34)(H,30,37)(H,31,35). The maximum Gasteiger partial charge on any atom is 0.408 e. The number of hydrogen-bond acceptors (Lipinski definition) is 7. The number of aryl methyl sites for hydroxylation is 1. The molecule has 2 aromatic rings. The normalized spacial score (nSPS) is 12.4. The summed E-state index contributed by atoms with van der Waals surface area (Å²) in [5.41, 5.74) is 5.60. The molecule has 2 unspecified atom stereocenters. The van der Waals surface area contributed by atoms with E-state index in [4.69, 9.17) is 22.1 Å². The van der Waals surface area contributed by atoms with Crippen molar-refractivity contribution in [2.45, 2.75) is 51.8 Å². The molecule has 0 aromatic heterocycles. The van der Waals surface area contributed by atoms with Crippen LogP contribution in [0.25, 0.3) is 0 Å². The number of benzene rings is 2. The zero-order chi connectivity index (χ0) is 28.6. The molecule has 11 nitrogen and oxygen atoms in total. The Kier molecular flexibility index (Phi) is 10.1. The number of anilines is 1. The van der Waals surface area contributed by atoms with E-state index in [9.17, 15) is 29.5 Å². The van der Waals surface area contributed by atoms with Crippen LogP contribution < -0.4 is 16.4 Å². The molecule has 0 bridgehead atoms. The summed E-state index contributed by atoms with van der Waals surface area (Å²) in [6.07, 6.45) is -1.61. The summed E-state index contributed by atoms with van der Waals surface area (Å²) < 4.78 is 5.19. The van der Waals surface area contributed by atoms with Gasteiger partial charge in [-0.3, -0.25) is 14.4 Å². The van der Waals surface area contributed by atoms with Crippen molar-refractivity contribution in [2.24, 2.45) is 5.73 Å². The second-order valence-corrected chi connectivity index (χ2v) is 9.82. The predicted molar refractivity (Wildman–Crippen MR) is 140 cm³/mol. The third kappa shape index (κ3) is 8.38. The number of nitrogens with two attached hydrogens (primary N) is 1. The summed E-state index contributed by atoms with van der Waals surface area (Å²) in [6, 6.07) is 9.31. The van der Waals surface area contributed by atoms with Crippen molar-refractivity contribution in [1.29, 1.82) is 5.26 Å². The SMILES string of the molecule is Cc1cccc(Cl)c1NC(=O)C(c1ccc(O)cc1)N(CC#N)C(=O)C(CC(N)=O)NC(=O)OC(C)(C)C. The number of aromatic hydroxyl groups is 1. The maximum absolute atomic E-state index is 13.7. The van der Waals surface area contributed by atoms with Gasteiger partial charge in [0.05, 0.1) is 23.2 Å². The van der Waals surface area contributed by atoms with Crippen LogP contribution in [0.2, 0.25) is 5.02 Å². The third-order valence-corrected chi connectivity index (χ3v) is 5.47. The monoisotopic (exact) mass is 543 g/mol. The molecule has 12 heteroatoms. The lowest BCUT2D eigenvalue weighted by atomic mass is 10.0. The number of amides is 4. The summed E-state index contributed by atoms with van der Waals surface area (Å²) in [4.78, 5) is 52.4. The molecule has 0 radical (unpaired) electrons. The van der Waals surface area contributed by atoms with Gasteiger partial charge in [0.15, 0.2) is 0 Å². The number of nitrogens with one attached hydrogen (secondary N) is 2. The third-order valence-electron chi connectivity index (χ3n) is 5.16. The quantitative estimate of drug-likeness (QED) is 0.351. The summed E-state index contributed by atoms with van der Waals surface area (Å²) in [5, 5.41) is 24.6. The van der Waals surface area contributed by atoms with Crippen molar-refractivity contribution in [2.75, 3.05) is 11.9 Å². The molecule has 202 valence electrons. The van der Waals surface area contributed by atoms with Crippen molar-refractivity contribution in [3.05, 3.63) is 58.6 Å². The van der Waals surface area contributed by atoms with Crippen LogP contribution in [0.3, 0.4) is 0 Å². The molecular formula is C26H30ClN5O6. The van der Waals surface area contributed by atoms with Gasteiger partial charge in [0, 0.05) is 0 Å². The lowest BCUT2D eigenvalue weighted by Gasteiger charge is -2.32. The number of para-hydroxylation sites is 1. The van der Waals surface area contributed by atoms with E-state index < -0.39 is 54.5 Å². The molecule has 2 atom stereocenters. The van der Waals surface area contributed by atoms with Crippen LogP contribution in [0.4, 0.5) is 10.5 Å². The molecule has 0 aliphatic rings. The van der Waals surface area contributed by atoms with E-state index in [1.54, 1.807) is 45.9 Å². The molecule has 0 aliphatic heterocycles. The Morgan fingerprint density at radius 2 is 1.79 bits per heavy atom. The number of phenols is 1. The number of ether oxygens (including phenoxy) is 1. The van der Waals surface area contributed by atoms with E-state index in [1.807, 2.05) is 6.07 Å². The number of nitrogens with zero attached hydrogens (tertiary/aromatic N) is 2. The molecule has 0 spiro atoms. The van der Waals surface area contributed by atoms with Gasteiger partial charge in [-0.1, -0.05) is 35.9 Å². The first-order valence-electron chi connectivity index (χ1n) is 11.5. The Labute approximate surface area is 225 Å². The van der Waals surface area contributed by atoms with Gasteiger partial charge in [0.2, 0.25) is 11.8 Å². The number of primary amides is 1. The largest absolute Gasteiger partial charge is 0.508 e. The van der Waals surface area contributed by atoms with Gasteiger partial charge in [0.25, 0.3) is 5.91 Å². The van der Waals surface area contributed by atoms with Gasteiger partial charge in [-0.2, -0.15) is 5.26 Å². The van der Waals surface area contributed by atoms with Gasteiger partial charge in [-0.15, -0.1) is 0 Å². The predicted octanol–water partition coefficient (Wildman–Crippen LogP) is 3.15. The topological polar surface area (TPSA) is 175 Å². The molecule has 5 N–H and O–H groups in total. The van der Waals surface area contributed by atoms with E-state index >= 15 is 0 Å². The lowest BCUT2D eigenvalue weighted by molar-refractivity contribution is -0.141. The molecular weight excluding hydrogens is 514 g/mol. The van der Waals surface area contributed by atoms with Crippen LogP contribution in [0.1, 0.15) is 44.4 Å². The number of carbonyl (C=O) groups is 4. The van der Waals surface area contributed by atoms with E-state index in [-0.39, 0.29) is 16.3 Å². The molecule has 0 fully saturated rings. The summed E-state index contributed by atoms with van der Waals surface area (Å²) in [5.74, 6) is -2.66. The minimum Gasteiger partial charge on any atom is -0.508 e. The zero-order valence-corrected chi connectivity index (χ0v) is 22.2. The Balaban J connectivity index is 2.55. The number of phenolic OH excluding ortho intramolecular Hbond substituents is 1. The minimum absolute atomic E-state index is 0.0915. The molecule has 2 rings (SSSR count). The van der Waals surface area contributed by atoms with Gasteiger partial charge < -0.3 is 31.1 Å². The second-order valence-electron chi connectivity index (χ2n) is 9.41. The molecule has 0 heterocycles. The number of carbonyl (C=O) groups excluding carboxylic acids is 4. The summed E-state index contributed by atoms with van der Waals surface area (Å²) in [7, 11) is 0. The highest BCUT2D eigenvalue weighted by Crippen LogP contribution is 2.30. The summed E-state index contributed by atoms with van der Waals surface area (Å²) >= 11 is 6.27. The highest BCUT2D eigenvalue weighted by atomic mass is 35.5. The van der Waals surface area contributed by atoms with Crippen molar-refractivity contribution in [3.63, 3.8) is 0 Å². The molecule has 4 amide bonds. The van der Waals surface area contributed by atoms with Crippen LogP contribution in [0.15, 0.2) is 42.5 Å². The maximum atomic E-state index is 13.7. The Morgan fingerprint density at radius 3 is 2.32 bits per heavy atom. The number of rotatable bonds is 9. The highest BCUT2D eigenvalue weighted by molar-refractivity contribution is 6.34. The van der Waals surface area contributed by atoms with Crippen LogP contribution in [-0.4, -0.2) is 52.0 Å². The van der Waals surface area contributed by atoms with Gasteiger partial charge >= 0.3 is 6.09 Å². The Hall–Kier alpha value is -4.30. The zero-order valence-electron chi connectivity index (χ0n) is 21.4. The van der Waals surface area contributed by atoms with Gasteiger partial charge in [0.1, 0.15) is 30.0 Å². The molecule has 38 heavy (non-hydrogen) atoms. The highest BCUT2D eigenvalue weighted by Gasteiger charge is 2.37. The fourth-order valence-electron chi connectivity index (χ4n) is 3.54. The smallest absolute Gasteiger partial charge is 0.408 e. The first kappa shape index (κ1) is 29.9. The second kappa shape index (κ2) is 12.8. The van der Waals surface area contributed by atoms with E-state index in [0.29, 0.717) is 11.3 Å². The first-order chi connectivity index (χ1) is 17.7. The van der Waals surface area contributed by atoms with Crippen LogP contribution in [-0.2, 0) is 19.1 Å². The Bertz CT molecular complexity index is 1220. The molecule has 0 aliphatic carbocycles. The van der Waals surface area contributed by atoms with Crippen molar-refractivity contribution in [1.82, 2.24) is 10.2 Å². The van der Waals surface area contributed by atoms with Crippen LogP contribution >= 0.6 is 11.6 Å². The van der Waals surface area contributed by atoms with Gasteiger partial charge in [-0.25, -0.2) is 4.79 Å². The lowest BCUT2D eigenvalue weighted by Crippen LogP contribution is -2.53. The summed E-state index contributed by atoms with van der Waals surface area (Å²) in [6.45, 7) is 5.97. The van der Waals surface area contributed by atoms with E-state index in [2.05, 4.69) is 10.6 Å². The molecule has 2 aromatic carbocycles. The fraction of sp³-hybridized carbons (Fsp3) is 0.346. The average Bonchev–Trinajstić information content (AvgIpc) is 2.80. The minimum atomic E-state index is -1.54. The number of alkyl carbamates (subject to hydrolysis) is 1.